The molecule has 148 valence electrons. The van der Waals surface area contributed by atoms with Crippen LogP contribution >= 0.6 is 35.2 Å². The number of benzene rings is 1. The largest absolute Gasteiger partial charge is 0.467 e. The maximum atomic E-state index is 13.0. The number of anilines is 1. The van der Waals surface area contributed by atoms with Crippen LogP contribution < -0.4 is 10.9 Å². The van der Waals surface area contributed by atoms with E-state index in [0.29, 0.717) is 43.1 Å². The number of fused-ring (bicyclic) bond motifs is 1. The van der Waals surface area contributed by atoms with E-state index in [-0.39, 0.29) is 18.0 Å². The molecule has 0 fully saturated rings. The standard InChI is InChI=1S/C19H15ClN4O3S2/c1-11-21-17-16(29-19(28)24(17)9-14-6-3-7-27-14)18(26)23(11)10-15(25)22-13-5-2-4-12(20)8-13/h2-8H,9-10H2,1H3,(H,22,25). The molecule has 10 heteroatoms. The number of aromatic nitrogens is 3. The van der Waals surface area contributed by atoms with E-state index in [9.17, 15) is 9.59 Å². The summed E-state index contributed by atoms with van der Waals surface area (Å²) in [6.45, 7) is 1.91. The lowest BCUT2D eigenvalue weighted by atomic mass is 10.3. The van der Waals surface area contributed by atoms with Crippen LogP contribution in [0.4, 0.5) is 5.69 Å². The summed E-state index contributed by atoms with van der Waals surface area (Å²) in [5.74, 6) is 0.785. The van der Waals surface area contributed by atoms with Crippen molar-refractivity contribution in [2.45, 2.75) is 20.0 Å². The highest BCUT2D eigenvalue weighted by Crippen LogP contribution is 2.21. The average Bonchev–Trinajstić information content (AvgIpc) is 3.28. The summed E-state index contributed by atoms with van der Waals surface area (Å²) in [6.07, 6.45) is 1.58. The van der Waals surface area contributed by atoms with Crippen molar-refractivity contribution in [3.63, 3.8) is 0 Å². The lowest BCUT2D eigenvalue weighted by Crippen LogP contribution is -2.30. The lowest BCUT2D eigenvalue weighted by molar-refractivity contribution is -0.116. The topological polar surface area (TPSA) is 82.1 Å². The first-order chi connectivity index (χ1) is 13.9. The van der Waals surface area contributed by atoms with E-state index in [2.05, 4.69) is 10.3 Å². The second-order valence-corrected chi connectivity index (χ2v) is 8.38. The van der Waals surface area contributed by atoms with Gasteiger partial charge < -0.3 is 9.73 Å². The summed E-state index contributed by atoms with van der Waals surface area (Å²) >= 11 is 12.5. The number of nitrogens with one attached hydrogen (secondary N) is 1. The molecule has 3 aromatic heterocycles. The lowest BCUT2D eigenvalue weighted by Gasteiger charge is -2.11. The van der Waals surface area contributed by atoms with Gasteiger partial charge in [-0.25, -0.2) is 4.98 Å². The van der Waals surface area contributed by atoms with Crippen LogP contribution in [0.15, 0.2) is 51.9 Å². The number of hydrogen-bond donors (Lipinski definition) is 1. The van der Waals surface area contributed by atoms with Crippen molar-refractivity contribution in [1.82, 2.24) is 14.1 Å². The van der Waals surface area contributed by atoms with Crippen LogP contribution in [0, 0.1) is 10.9 Å². The van der Waals surface area contributed by atoms with Gasteiger partial charge in [0.25, 0.3) is 5.56 Å². The predicted octanol–water partition coefficient (Wildman–Crippen LogP) is 4.23. The van der Waals surface area contributed by atoms with Gasteiger partial charge in [-0.1, -0.05) is 29.0 Å². The Balaban J connectivity index is 1.66. The van der Waals surface area contributed by atoms with E-state index in [1.807, 2.05) is 6.07 Å². The summed E-state index contributed by atoms with van der Waals surface area (Å²) in [7, 11) is 0. The quantitative estimate of drug-likeness (QED) is 0.464. The van der Waals surface area contributed by atoms with Gasteiger partial charge in [0.15, 0.2) is 9.60 Å². The van der Waals surface area contributed by atoms with Crippen LogP contribution in [-0.4, -0.2) is 20.0 Å². The number of hydrogen-bond acceptors (Lipinski definition) is 6. The van der Waals surface area contributed by atoms with Crippen molar-refractivity contribution >= 4 is 57.1 Å². The number of furan rings is 1. The van der Waals surface area contributed by atoms with Gasteiger partial charge in [0.1, 0.15) is 22.8 Å². The maximum absolute atomic E-state index is 13.0. The molecule has 0 atom stereocenters. The number of amides is 1. The molecule has 0 bridgehead atoms. The van der Waals surface area contributed by atoms with Gasteiger partial charge in [0.05, 0.1) is 12.8 Å². The number of halogens is 1. The highest BCUT2D eigenvalue weighted by atomic mass is 35.5. The average molecular weight is 447 g/mol. The molecule has 4 rings (SSSR count). The predicted molar refractivity (Wildman–Crippen MR) is 115 cm³/mol. The van der Waals surface area contributed by atoms with Crippen molar-refractivity contribution in [2.75, 3.05) is 5.32 Å². The highest BCUT2D eigenvalue weighted by Gasteiger charge is 2.17. The van der Waals surface area contributed by atoms with E-state index in [4.69, 9.17) is 28.2 Å². The monoisotopic (exact) mass is 446 g/mol. The molecule has 29 heavy (non-hydrogen) atoms. The summed E-state index contributed by atoms with van der Waals surface area (Å²) in [5.41, 5.74) is 0.746. The minimum Gasteiger partial charge on any atom is -0.467 e. The molecule has 1 aromatic carbocycles. The molecular weight excluding hydrogens is 432 g/mol. The number of aryl methyl sites for hydroxylation is 1. The Labute approximate surface area is 179 Å². The molecule has 7 nitrogen and oxygen atoms in total. The van der Waals surface area contributed by atoms with Crippen molar-refractivity contribution in [1.29, 1.82) is 0 Å². The minimum absolute atomic E-state index is 0.164. The summed E-state index contributed by atoms with van der Waals surface area (Å²) in [4.78, 5) is 30.0. The van der Waals surface area contributed by atoms with Crippen LogP contribution in [0.3, 0.4) is 0 Å². The highest BCUT2D eigenvalue weighted by molar-refractivity contribution is 7.73. The molecule has 0 aliphatic rings. The maximum Gasteiger partial charge on any atom is 0.273 e. The van der Waals surface area contributed by atoms with Crippen LogP contribution in [0.5, 0.6) is 0 Å². The van der Waals surface area contributed by atoms with E-state index < -0.39 is 0 Å². The third-order valence-corrected chi connectivity index (χ3v) is 5.93. The zero-order valence-electron chi connectivity index (χ0n) is 15.2. The Morgan fingerprint density at radius 2 is 2.14 bits per heavy atom. The normalized spacial score (nSPS) is 11.1. The zero-order chi connectivity index (χ0) is 20.5. The number of thiazole rings is 1. The van der Waals surface area contributed by atoms with Gasteiger partial charge in [-0.3, -0.25) is 18.7 Å². The molecule has 0 unspecified atom stereocenters. The molecule has 0 saturated carbocycles. The fourth-order valence-electron chi connectivity index (χ4n) is 2.93. The molecule has 4 aromatic rings. The Morgan fingerprint density at radius 3 is 2.86 bits per heavy atom. The second-order valence-electron chi connectivity index (χ2n) is 6.30. The smallest absolute Gasteiger partial charge is 0.273 e. The number of nitrogens with zero attached hydrogens (tertiary/aromatic N) is 3. The molecule has 0 aliphatic heterocycles. The van der Waals surface area contributed by atoms with Crippen LogP contribution in [0.2, 0.25) is 5.02 Å². The van der Waals surface area contributed by atoms with Crippen molar-refractivity contribution in [3.8, 4) is 0 Å². The zero-order valence-corrected chi connectivity index (χ0v) is 17.6. The first-order valence-electron chi connectivity index (χ1n) is 8.61. The van der Waals surface area contributed by atoms with Gasteiger partial charge in [-0.2, -0.15) is 0 Å². The Hall–Kier alpha value is -2.75. The summed E-state index contributed by atoms with van der Waals surface area (Å²) in [5, 5.41) is 3.25. The molecule has 0 spiro atoms. The van der Waals surface area contributed by atoms with Crippen molar-refractivity contribution in [2.24, 2.45) is 0 Å². The summed E-state index contributed by atoms with van der Waals surface area (Å²) in [6, 6.07) is 10.4. The minimum atomic E-state index is -0.350. The van der Waals surface area contributed by atoms with E-state index in [0.717, 1.165) is 0 Å². The molecule has 1 N–H and O–H groups in total. The molecular formula is C19H15ClN4O3S2. The number of rotatable bonds is 5. The third kappa shape index (κ3) is 4.02. The van der Waals surface area contributed by atoms with Crippen LogP contribution in [-0.2, 0) is 17.9 Å². The van der Waals surface area contributed by atoms with Gasteiger partial charge >= 0.3 is 0 Å². The summed E-state index contributed by atoms with van der Waals surface area (Å²) < 4.78 is 9.40. The Morgan fingerprint density at radius 1 is 1.31 bits per heavy atom. The Kier molecular flexibility index (Phi) is 5.35. The van der Waals surface area contributed by atoms with E-state index >= 15 is 0 Å². The van der Waals surface area contributed by atoms with Crippen LogP contribution in [0.25, 0.3) is 10.3 Å². The fraction of sp³-hybridized carbons (Fsp3) is 0.158. The SMILES string of the molecule is Cc1nc2c(sc(=S)n2Cc2ccco2)c(=O)n1CC(=O)Nc1cccc(Cl)c1. The van der Waals surface area contributed by atoms with Crippen LogP contribution in [0.1, 0.15) is 11.6 Å². The number of carbonyl (C=O) groups is 1. The van der Waals surface area contributed by atoms with Gasteiger partial charge in [-0.15, -0.1) is 0 Å². The van der Waals surface area contributed by atoms with E-state index in [1.165, 1.54) is 15.9 Å². The molecule has 0 saturated heterocycles. The fourth-order valence-corrected chi connectivity index (χ4v) is 4.40. The third-order valence-electron chi connectivity index (χ3n) is 4.27. The second kappa shape index (κ2) is 7.94. The van der Waals surface area contributed by atoms with Gasteiger partial charge in [0, 0.05) is 10.7 Å². The Bertz CT molecular complexity index is 1320. The first-order valence-corrected chi connectivity index (χ1v) is 10.2. The van der Waals surface area contributed by atoms with Crippen molar-refractivity contribution in [3.05, 3.63) is 73.6 Å². The molecule has 3 heterocycles. The van der Waals surface area contributed by atoms with E-state index in [1.54, 1.807) is 48.1 Å². The van der Waals surface area contributed by atoms with Crippen molar-refractivity contribution < 1.29 is 9.21 Å². The molecule has 0 radical (unpaired) electrons. The molecule has 1 amide bonds. The molecule has 0 aliphatic carbocycles. The van der Waals surface area contributed by atoms with Gasteiger partial charge in [-0.05, 0) is 49.5 Å². The number of carbonyl (C=O) groups excluding carboxylic acids is 1. The van der Waals surface area contributed by atoms with Gasteiger partial charge in [0.2, 0.25) is 5.91 Å². The first kappa shape index (κ1) is 19.6.